The number of carbonyl (C=O) groups excluding carboxylic acids is 2. The van der Waals surface area contributed by atoms with Crippen LogP contribution in [0.1, 0.15) is 16.8 Å². The van der Waals surface area contributed by atoms with Crippen LogP contribution in [0.5, 0.6) is 11.5 Å². The van der Waals surface area contributed by atoms with Gasteiger partial charge in [-0.15, -0.1) is 0 Å². The molecule has 0 aliphatic carbocycles. The minimum Gasteiger partial charge on any atom is -0.454 e. The Labute approximate surface area is 201 Å². The molecule has 0 bridgehead atoms. The fourth-order valence-electron chi connectivity index (χ4n) is 4.07. The maximum Gasteiger partial charge on any atom is 0.323 e. The van der Waals surface area contributed by atoms with E-state index in [2.05, 4.69) is 20.5 Å². The van der Waals surface area contributed by atoms with Crippen LogP contribution in [0.15, 0.2) is 60.8 Å². The molecule has 3 amide bonds. The number of hydrogen-bond acceptors (Lipinski definition) is 6. The van der Waals surface area contributed by atoms with Crippen LogP contribution in [0.3, 0.4) is 0 Å². The first-order valence-corrected chi connectivity index (χ1v) is 11.3. The molecule has 0 radical (unpaired) electrons. The summed E-state index contributed by atoms with van der Waals surface area (Å²) in [6, 6.07) is 14.0. The molecular formula is C25H24FN5O4. The van der Waals surface area contributed by atoms with Gasteiger partial charge in [0, 0.05) is 37.4 Å². The summed E-state index contributed by atoms with van der Waals surface area (Å²) >= 11 is 0. The number of aromatic nitrogens is 1. The number of pyridine rings is 1. The predicted octanol–water partition coefficient (Wildman–Crippen LogP) is 3.95. The van der Waals surface area contributed by atoms with Crippen LogP contribution in [0, 0.1) is 5.82 Å². The minimum atomic E-state index is -0.488. The highest BCUT2D eigenvalue weighted by Gasteiger charge is 2.23. The maximum absolute atomic E-state index is 13.3. The van der Waals surface area contributed by atoms with Crippen LogP contribution in [-0.2, 0) is 0 Å². The van der Waals surface area contributed by atoms with Gasteiger partial charge >= 0.3 is 6.03 Å². The summed E-state index contributed by atoms with van der Waals surface area (Å²) < 4.78 is 24.0. The van der Waals surface area contributed by atoms with E-state index >= 15 is 0 Å². The SMILES string of the molecule is O=C(Nc1ccc(N2CCCN(C(=O)c3ccc4c(c3)OCO4)CC2)nc1)Nc1cccc(F)c1. The summed E-state index contributed by atoms with van der Waals surface area (Å²) in [5.41, 5.74) is 1.45. The van der Waals surface area contributed by atoms with Gasteiger partial charge in [-0.1, -0.05) is 6.07 Å². The average molecular weight is 477 g/mol. The zero-order chi connectivity index (χ0) is 24.2. The second-order valence-corrected chi connectivity index (χ2v) is 8.20. The molecule has 35 heavy (non-hydrogen) atoms. The summed E-state index contributed by atoms with van der Waals surface area (Å²) in [5.74, 6) is 1.54. The van der Waals surface area contributed by atoms with Crippen LogP contribution < -0.4 is 25.0 Å². The molecule has 0 spiro atoms. The number of anilines is 3. The molecule has 2 N–H and O–H groups in total. The lowest BCUT2D eigenvalue weighted by molar-refractivity contribution is 0.0766. The number of nitrogens with zero attached hydrogens (tertiary/aromatic N) is 3. The Bertz CT molecular complexity index is 1240. The second kappa shape index (κ2) is 9.88. The summed E-state index contributed by atoms with van der Waals surface area (Å²) in [7, 11) is 0. The lowest BCUT2D eigenvalue weighted by Crippen LogP contribution is -2.35. The number of benzene rings is 2. The van der Waals surface area contributed by atoms with Crippen molar-refractivity contribution in [1.82, 2.24) is 9.88 Å². The molecule has 2 aliphatic rings. The Hall–Kier alpha value is -4.34. The lowest BCUT2D eigenvalue weighted by Gasteiger charge is -2.23. The van der Waals surface area contributed by atoms with Crippen LogP contribution >= 0.6 is 0 Å². The van der Waals surface area contributed by atoms with Crippen molar-refractivity contribution in [2.75, 3.05) is 48.5 Å². The summed E-state index contributed by atoms with van der Waals surface area (Å²) in [5, 5.41) is 5.26. The zero-order valence-electron chi connectivity index (χ0n) is 18.9. The van der Waals surface area contributed by atoms with Crippen molar-refractivity contribution in [2.24, 2.45) is 0 Å². The fourth-order valence-corrected chi connectivity index (χ4v) is 4.07. The number of ether oxygens (including phenoxy) is 2. The van der Waals surface area contributed by atoms with Crippen molar-refractivity contribution < 1.29 is 23.5 Å². The van der Waals surface area contributed by atoms with E-state index in [-0.39, 0.29) is 12.7 Å². The van der Waals surface area contributed by atoms with E-state index in [1.165, 1.54) is 18.2 Å². The number of rotatable bonds is 4. The summed E-state index contributed by atoms with van der Waals surface area (Å²) in [4.78, 5) is 33.6. The average Bonchev–Trinajstić information content (AvgIpc) is 3.19. The Morgan fingerprint density at radius 2 is 1.74 bits per heavy atom. The molecule has 1 fully saturated rings. The smallest absolute Gasteiger partial charge is 0.323 e. The quantitative estimate of drug-likeness (QED) is 0.591. The topological polar surface area (TPSA) is 96.0 Å². The van der Waals surface area contributed by atoms with E-state index < -0.39 is 11.8 Å². The van der Waals surface area contributed by atoms with Gasteiger partial charge in [0.05, 0.1) is 11.9 Å². The molecule has 2 aromatic carbocycles. The van der Waals surface area contributed by atoms with E-state index in [0.717, 1.165) is 18.8 Å². The van der Waals surface area contributed by atoms with Crippen molar-refractivity contribution in [3.05, 3.63) is 72.2 Å². The number of halogens is 1. The van der Waals surface area contributed by atoms with E-state index in [9.17, 15) is 14.0 Å². The van der Waals surface area contributed by atoms with Crippen LogP contribution in [0.25, 0.3) is 0 Å². The summed E-state index contributed by atoms with van der Waals surface area (Å²) in [6.45, 7) is 2.76. The zero-order valence-corrected chi connectivity index (χ0v) is 18.9. The Balaban J connectivity index is 1.16. The highest BCUT2D eigenvalue weighted by atomic mass is 19.1. The molecule has 3 heterocycles. The van der Waals surface area contributed by atoms with Gasteiger partial charge in [-0.05, 0) is 55.0 Å². The van der Waals surface area contributed by atoms with Crippen molar-refractivity contribution >= 4 is 29.1 Å². The van der Waals surface area contributed by atoms with Crippen molar-refractivity contribution in [3.63, 3.8) is 0 Å². The van der Waals surface area contributed by atoms with E-state index in [1.54, 1.807) is 36.5 Å². The Morgan fingerprint density at radius 1 is 0.886 bits per heavy atom. The molecule has 2 aliphatic heterocycles. The van der Waals surface area contributed by atoms with Gasteiger partial charge in [0.1, 0.15) is 11.6 Å². The molecule has 9 nitrogen and oxygen atoms in total. The number of amides is 3. The number of nitrogens with one attached hydrogen (secondary N) is 2. The molecule has 0 unspecified atom stereocenters. The van der Waals surface area contributed by atoms with Gasteiger partial charge in [-0.2, -0.15) is 0 Å². The molecule has 10 heteroatoms. The maximum atomic E-state index is 13.3. The highest BCUT2D eigenvalue weighted by molar-refractivity contribution is 5.99. The molecule has 0 atom stereocenters. The number of hydrogen-bond donors (Lipinski definition) is 2. The fraction of sp³-hybridized carbons (Fsp3) is 0.240. The van der Waals surface area contributed by atoms with Crippen LogP contribution in [0.2, 0.25) is 0 Å². The monoisotopic (exact) mass is 477 g/mol. The molecule has 3 aromatic rings. The number of fused-ring (bicyclic) bond motifs is 1. The Morgan fingerprint density at radius 3 is 2.57 bits per heavy atom. The molecule has 180 valence electrons. The van der Waals surface area contributed by atoms with Crippen LogP contribution in [-0.4, -0.2) is 54.8 Å². The van der Waals surface area contributed by atoms with Gasteiger partial charge < -0.3 is 29.9 Å². The first kappa shape index (κ1) is 22.5. The number of urea groups is 1. The molecular weight excluding hydrogens is 453 g/mol. The first-order valence-electron chi connectivity index (χ1n) is 11.3. The normalized spacial score (nSPS) is 14.9. The van der Waals surface area contributed by atoms with Gasteiger partial charge in [-0.25, -0.2) is 14.2 Å². The highest BCUT2D eigenvalue weighted by Crippen LogP contribution is 2.33. The van der Waals surface area contributed by atoms with Gasteiger partial charge in [0.2, 0.25) is 6.79 Å². The third kappa shape index (κ3) is 5.26. The lowest BCUT2D eigenvalue weighted by atomic mass is 10.1. The molecule has 5 rings (SSSR count). The van der Waals surface area contributed by atoms with Gasteiger partial charge in [0.25, 0.3) is 5.91 Å². The molecule has 0 saturated carbocycles. The van der Waals surface area contributed by atoms with E-state index in [4.69, 9.17) is 9.47 Å². The summed E-state index contributed by atoms with van der Waals surface area (Å²) in [6.07, 6.45) is 2.37. The molecule has 1 saturated heterocycles. The van der Waals surface area contributed by atoms with E-state index in [1.807, 2.05) is 11.0 Å². The third-order valence-corrected chi connectivity index (χ3v) is 5.81. The first-order chi connectivity index (χ1) is 17.0. The van der Waals surface area contributed by atoms with Crippen molar-refractivity contribution in [1.29, 1.82) is 0 Å². The van der Waals surface area contributed by atoms with Gasteiger partial charge in [-0.3, -0.25) is 4.79 Å². The third-order valence-electron chi connectivity index (χ3n) is 5.81. The predicted molar refractivity (Wildman–Crippen MR) is 129 cm³/mol. The largest absolute Gasteiger partial charge is 0.454 e. The standard InChI is InChI=1S/C25H24FN5O4/c26-18-3-1-4-19(14-18)28-25(33)29-20-6-8-23(27-15-20)30-9-2-10-31(12-11-30)24(32)17-5-7-21-22(13-17)35-16-34-21/h1,3-8,13-15H,2,9-12,16H2,(H2,28,29,33). The second-order valence-electron chi connectivity index (χ2n) is 8.20. The van der Waals surface area contributed by atoms with Gasteiger partial charge in [0.15, 0.2) is 11.5 Å². The number of carbonyl (C=O) groups is 2. The minimum absolute atomic E-state index is 0.0398. The molecule has 1 aromatic heterocycles. The van der Waals surface area contributed by atoms with E-state index in [0.29, 0.717) is 48.1 Å². The Kier molecular flexibility index (Phi) is 6.34. The van der Waals surface area contributed by atoms with Crippen molar-refractivity contribution in [3.8, 4) is 11.5 Å². The van der Waals surface area contributed by atoms with Crippen LogP contribution in [0.4, 0.5) is 26.4 Å². The van der Waals surface area contributed by atoms with Crippen molar-refractivity contribution in [2.45, 2.75) is 6.42 Å².